The van der Waals surface area contributed by atoms with Gasteiger partial charge in [-0.25, -0.2) is 0 Å². The topological polar surface area (TPSA) is 3.01 Å². The predicted octanol–water partition coefficient (Wildman–Crippen LogP) is 2.91. The van der Waals surface area contributed by atoms with Crippen molar-refractivity contribution in [3.63, 3.8) is 0 Å². The highest BCUT2D eigenvalue weighted by atomic mass is 32.2. The summed E-state index contributed by atoms with van der Waals surface area (Å²) in [6.45, 7) is 4.32. The summed E-state index contributed by atoms with van der Waals surface area (Å²) >= 11 is -2.52. The van der Waals surface area contributed by atoms with E-state index >= 15 is 0 Å². The third kappa shape index (κ3) is 18.6. The van der Waals surface area contributed by atoms with Gasteiger partial charge in [-0.1, -0.05) is 7.77 Å². The Morgan fingerprint density at radius 1 is 1.00 bits per heavy atom. The lowest BCUT2D eigenvalue weighted by atomic mass is 10.3. The van der Waals surface area contributed by atoms with E-state index in [2.05, 4.69) is 0 Å². The molecule has 0 bridgehead atoms. The van der Waals surface area contributed by atoms with Crippen molar-refractivity contribution < 1.29 is 29.0 Å². The van der Waals surface area contributed by atoms with Gasteiger partial charge in [0, 0.05) is 0 Å². The van der Waals surface area contributed by atoms with Gasteiger partial charge in [-0.3, -0.25) is 0 Å². The molecule has 0 aromatic carbocycles. The maximum absolute atomic E-state index is 11.7. The average Bonchev–Trinajstić information content (AvgIpc) is 1.85. The van der Waals surface area contributed by atoms with E-state index in [0.717, 1.165) is 3.95 Å². The largest absolute Gasteiger partial charge is 0.673 e. The Morgan fingerprint density at radius 3 is 1.23 bits per heavy atom. The lowest BCUT2D eigenvalue weighted by Crippen LogP contribution is -2.10. The van der Waals surface area contributed by atoms with Crippen LogP contribution in [0.1, 0.15) is 13.8 Å². The summed E-state index contributed by atoms with van der Waals surface area (Å²) in [5.41, 5.74) is 0. The molecule has 0 N–H and O–H groups in total. The molecule has 0 aromatic heterocycles. The SMILES string of the molecule is CC[N+](CC)=S(F)F.F[B-](F)(F)F. The molecule has 13 heavy (non-hydrogen) atoms. The van der Waals surface area contributed by atoms with Crippen molar-refractivity contribution in [2.24, 2.45) is 0 Å². The molecule has 0 spiro atoms. The third-order valence-corrected chi connectivity index (χ3v) is 1.81. The molecule has 0 atom stereocenters. The molecule has 0 aliphatic heterocycles. The first-order chi connectivity index (χ1) is 5.72. The standard InChI is InChI=1S/C4H10F2NS.BF4/c1-3-7(4-2)8(5)6;2-1(3,4)5/h3-4H2,1-2H3;/q+1;-1. The molecule has 0 amide bonds. The van der Waals surface area contributed by atoms with Crippen molar-refractivity contribution in [2.45, 2.75) is 13.8 Å². The minimum atomic E-state index is -6.00. The highest BCUT2D eigenvalue weighted by molar-refractivity contribution is 7.74. The second-order valence-corrected chi connectivity index (χ2v) is 2.71. The first kappa shape index (κ1) is 15.3. The molecule has 0 aliphatic rings. The van der Waals surface area contributed by atoms with Crippen LogP contribution in [0.2, 0.25) is 0 Å². The van der Waals surface area contributed by atoms with Gasteiger partial charge >= 0.3 is 18.7 Å². The molecule has 0 aromatic rings. The summed E-state index contributed by atoms with van der Waals surface area (Å²) < 4.78 is 63.4. The Labute approximate surface area is 75.5 Å². The molecule has 9 heteroatoms. The highest BCUT2D eigenvalue weighted by Gasteiger charge is 2.20. The number of hydrogen-bond acceptors (Lipinski definition) is 0. The molecule has 0 heterocycles. The van der Waals surface area contributed by atoms with Crippen LogP contribution in [0.4, 0.5) is 25.0 Å². The van der Waals surface area contributed by atoms with E-state index in [9.17, 15) is 25.0 Å². The molecule has 0 unspecified atom stereocenters. The van der Waals surface area contributed by atoms with Crippen LogP contribution in [0.15, 0.2) is 0 Å². The van der Waals surface area contributed by atoms with Crippen molar-refractivity contribution >= 4 is 18.7 Å². The monoisotopic (exact) mass is 229 g/mol. The first-order valence-electron chi connectivity index (χ1n) is 3.41. The van der Waals surface area contributed by atoms with Gasteiger partial charge < -0.3 is 17.3 Å². The molecule has 0 fully saturated rings. The zero-order valence-electron chi connectivity index (χ0n) is 7.11. The first-order valence-corrected chi connectivity index (χ1v) is 4.39. The summed E-state index contributed by atoms with van der Waals surface area (Å²) in [6.07, 6.45) is 0. The molecular formula is C4H10BF6NS. The second-order valence-electron chi connectivity index (χ2n) is 1.81. The Bertz CT molecular complexity index is 153. The summed E-state index contributed by atoms with van der Waals surface area (Å²) in [5.74, 6) is 0. The van der Waals surface area contributed by atoms with Crippen LogP contribution in [0, 0.1) is 0 Å². The smallest absolute Gasteiger partial charge is 0.418 e. The molecular weight excluding hydrogens is 219 g/mol. The highest BCUT2D eigenvalue weighted by Crippen LogP contribution is 2.06. The van der Waals surface area contributed by atoms with Crippen LogP contribution < -0.4 is 0 Å². The summed E-state index contributed by atoms with van der Waals surface area (Å²) in [6, 6.07) is 0. The van der Waals surface area contributed by atoms with E-state index in [1.54, 1.807) is 13.8 Å². The Morgan fingerprint density at radius 2 is 1.23 bits per heavy atom. The van der Waals surface area contributed by atoms with Crippen LogP contribution in [-0.2, 0) is 11.5 Å². The quantitative estimate of drug-likeness (QED) is 0.389. The van der Waals surface area contributed by atoms with E-state index in [0.29, 0.717) is 13.1 Å². The van der Waals surface area contributed by atoms with E-state index in [1.165, 1.54) is 0 Å². The minimum Gasteiger partial charge on any atom is -0.418 e. The molecule has 0 rings (SSSR count). The van der Waals surface area contributed by atoms with E-state index in [1.807, 2.05) is 0 Å². The number of rotatable bonds is 2. The molecule has 0 saturated carbocycles. The lowest BCUT2D eigenvalue weighted by Gasteiger charge is -1.94. The fourth-order valence-corrected chi connectivity index (χ4v) is 0.809. The van der Waals surface area contributed by atoms with E-state index < -0.39 is 18.7 Å². The Hall–Kier alpha value is -0.205. The normalized spacial score (nSPS) is 10.8. The maximum atomic E-state index is 11.7. The summed E-state index contributed by atoms with van der Waals surface area (Å²) in [7, 11) is -6.00. The molecule has 0 aliphatic carbocycles. The van der Waals surface area contributed by atoms with Crippen LogP contribution >= 0.6 is 0 Å². The van der Waals surface area contributed by atoms with E-state index in [-0.39, 0.29) is 0 Å². The van der Waals surface area contributed by atoms with Crippen LogP contribution in [-0.4, -0.2) is 24.3 Å². The minimum absolute atomic E-state index is 0.437. The van der Waals surface area contributed by atoms with Gasteiger partial charge in [-0.05, 0) is 13.8 Å². The molecule has 82 valence electrons. The number of nitrogens with zero attached hydrogens (tertiary/aromatic N) is 1. The van der Waals surface area contributed by atoms with E-state index in [4.69, 9.17) is 0 Å². The van der Waals surface area contributed by atoms with Gasteiger partial charge in [-0.2, -0.15) is 3.95 Å². The maximum Gasteiger partial charge on any atom is 0.673 e. The van der Waals surface area contributed by atoms with Crippen LogP contribution in [0.25, 0.3) is 0 Å². The van der Waals surface area contributed by atoms with Gasteiger partial charge in [0.2, 0.25) is 0 Å². The third-order valence-electron chi connectivity index (χ3n) is 0.901. The number of halogens is 6. The summed E-state index contributed by atoms with van der Waals surface area (Å²) in [4.78, 5) is 0. The van der Waals surface area contributed by atoms with Gasteiger partial charge in [0.25, 0.3) is 0 Å². The van der Waals surface area contributed by atoms with Crippen molar-refractivity contribution in [1.82, 2.24) is 0 Å². The zero-order chi connectivity index (χ0) is 11.1. The molecule has 1 nitrogen and oxygen atoms in total. The van der Waals surface area contributed by atoms with Crippen molar-refractivity contribution in [3.05, 3.63) is 0 Å². The van der Waals surface area contributed by atoms with Gasteiger partial charge in [0.05, 0.1) is 0 Å². The van der Waals surface area contributed by atoms with Gasteiger partial charge in [0.15, 0.2) is 13.1 Å². The van der Waals surface area contributed by atoms with Crippen molar-refractivity contribution in [1.29, 1.82) is 0 Å². The van der Waals surface area contributed by atoms with Crippen LogP contribution in [0.5, 0.6) is 0 Å². The fraction of sp³-hybridized carbons (Fsp3) is 1.00. The van der Waals surface area contributed by atoms with Crippen molar-refractivity contribution in [2.75, 3.05) is 13.1 Å². The summed E-state index contributed by atoms with van der Waals surface area (Å²) in [5, 5.41) is 0. The van der Waals surface area contributed by atoms with Gasteiger partial charge in [-0.15, -0.1) is 0 Å². The zero-order valence-corrected chi connectivity index (χ0v) is 7.93. The fourth-order valence-electron chi connectivity index (χ4n) is 0.419. The predicted molar refractivity (Wildman–Crippen MR) is 41.1 cm³/mol. The van der Waals surface area contributed by atoms with Crippen molar-refractivity contribution in [3.8, 4) is 0 Å². The lowest BCUT2D eigenvalue weighted by molar-refractivity contribution is -0.499. The molecule has 0 radical (unpaired) electrons. The average molecular weight is 229 g/mol. The van der Waals surface area contributed by atoms with Crippen LogP contribution in [0.3, 0.4) is 0 Å². The molecule has 0 saturated heterocycles. The Kier molecular flexibility index (Phi) is 8.49. The Balaban J connectivity index is 0. The second kappa shape index (κ2) is 7.22. The van der Waals surface area contributed by atoms with Gasteiger partial charge in [0.1, 0.15) is 0 Å². The number of hydrogen-bond donors (Lipinski definition) is 0.